The van der Waals surface area contributed by atoms with Gasteiger partial charge in [-0.2, -0.15) is 5.26 Å². The lowest BCUT2D eigenvalue weighted by molar-refractivity contribution is -0.139. The van der Waals surface area contributed by atoms with Gasteiger partial charge in [-0.15, -0.1) is 0 Å². The number of carbonyl (C=O) groups excluding carboxylic acids is 2. The minimum Gasteiger partial charge on any atom is -0.478 e. The molecule has 1 aliphatic heterocycles. The number of nitrogens with zero attached hydrogens (tertiary/aromatic N) is 2. The van der Waals surface area contributed by atoms with Crippen LogP contribution < -0.4 is 10.6 Å². The molecule has 11 heteroatoms. The molecule has 0 saturated heterocycles. The van der Waals surface area contributed by atoms with Crippen LogP contribution in [0.25, 0.3) is 0 Å². The first kappa shape index (κ1) is 23.9. The highest BCUT2D eigenvalue weighted by atomic mass is 19.2. The fraction of sp³-hybridized carbons (Fsp3) is 0.130. The first-order valence-corrected chi connectivity index (χ1v) is 9.56. The molecule has 9 nitrogen and oxygen atoms in total. The number of hydrogen-bond acceptors (Lipinski definition) is 8. The molecule has 0 aliphatic carbocycles. The second kappa shape index (κ2) is 9.41. The maximum atomic E-state index is 14.5. The molecular weight excluding hydrogens is 452 g/mol. The molecule has 0 amide bonds. The van der Waals surface area contributed by atoms with Gasteiger partial charge in [-0.1, -0.05) is 30.3 Å². The van der Waals surface area contributed by atoms with Crippen LogP contribution in [0.5, 0.6) is 0 Å². The fourth-order valence-electron chi connectivity index (χ4n) is 3.69. The summed E-state index contributed by atoms with van der Waals surface area (Å²) < 4.78 is 38.0. The maximum absolute atomic E-state index is 14.5. The largest absolute Gasteiger partial charge is 0.478 e. The summed E-state index contributed by atoms with van der Waals surface area (Å²) in [6.07, 6.45) is 0. The van der Waals surface area contributed by atoms with Gasteiger partial charge in [0.2, 0.25) is 0 Å². The molecule has 1 heterocycles. The molecule has 1 unspecified atom stereocenters. The molecule has 0 spiro atoms. The summed E-state index contributed by atoms with van der Waals surface area (Å²) in [5, 5.41) is 19.5. The summed E-state index contributed by atoms with van der Waals surface area (Å²) in [6, 6.07) is 11.4. The number of esters is 2. The lowest BCUT2D eigenvalue weighted by Gasteiger charge is -2.36. The van der Waals surface area contributed by atoms with E-state index in [4.69, 9.17) is 15.2 Å². The van der Waals surface area contributed by atoms with Gasteiger partial charge in [0.05, 0.1) is 43.0 Å². The topological polar surface area (TPSA) is 143 Å². The Hall–Kier alpha value is -4.72. The minimum atomic E-state index is -1.88. The molecule has 0 bridgehead atoms. The summed E-state index contributed by atoms with van der Waals surface area (Å²) in [5.41, 5.74) is 3.52. The van der Waals surface area contributed by atoms with Crippen LogP contribution in [-0.2, 0) is 19.1 Å². The average Bonchev–Trinajstić information content (AvgIpc) is 2.84. The summed E-state index contributed by atoms with van der Waals surface area (Å²) in [5.74, 6) is -9.00. The number of methoxy groups -OCH3 is 2. The van der Waals surface area contributed by atoms with Crippen molar-refractivity contribution >= 4 is 23.6 Å². The number of anilines is 1. The zero-order valence-corrected chi connectivity index (χ0v) is 17.8. The zero-order chi connectivity index (χ0) is 25.2. The first-order chi connectivity index (χ1) is 16.2. The highest BCUT2D eigenvalue weighted by molar-refractivity contribution is 6.08. The predicted molar refractivity (Wildman–Crippen MR) is 113 cm³/mol. The summed E-state index contributed by atoms with van der Waals surface area (Å²) in [7, 11) is 2.02. The lowest BCUT2D eigenvalue weighted by atomic mass is 9.80. The van der Waals surface area contributed by atoms with E-state index in [0.29, 0.717) is 16.5 Å². The van der Waals surface area contributed by atoms with Crippen molar-refractivity contribution in [2.45, 2.75) is 5.92 Å². The van der Waals surface area contributed by atoms with Crippen LogP contribution in [0.3, 0.4) is 0 Å². The van der Waals surface area contributed by atoms with Gasteiger partial charge in [0.15, 0.2) is 11.6 Å². The van der Waals surface area contributed by atoms with E-state index in [1.165, 1.54) is 0 Å². The number of benzene rings is 2. The third-order valence-corrected chi connectivity index (χ3v) is 5.14. The number of nitriles is 1. The monoisotopic (exact) mass is 469 g/mol. The molecule has 0 radical (unpaired) electrons. The third kappa shape index (κ3) is 3.81. The normalized spacial score (nSPS) is 15.6. The Morgan fingerprint density at radius 2 is 1.68 bits per heavy atom. The third-order valence-electron chi connectivity index (χ3n) is 5.14. The maximum Gasteiger partial charge on any atom is 0.355 e. The van der Waals surface area contributed by atoms with E-state index in [0.717, 1.165) is 20.3 Å². The Bertz CT molecular complexity index is 1300. The average molecular weight is 469 g/mol. The van der Waals surface area contributed by atoms with Crippen LogP contribution in [0, 0.1) is 23.0 Å². The van der Waals surface area contributed by atoms with E-state index in [-0.39, 0.29) is 5.57 Å². The highest BCUT2D eigenvalue weighted by Gasteiger charge is 2.44. The van der Waals surface area contributed by atoms with Gasteiger partial charge in [0.1, 0.15) is 17.1 Å². The predicted octanol–water partition coefficient (Wildman–Crippen LogP) is 2.56. The Morgan fingerprint density at radius 3 is 2.21 bits per heavy atom. The van der Waals surface area contributed by atoms with Crippen LogP contribution in [0.2, 0.25) is 0 Å². The van der Waals surface area contributed by atoms with E-state index in [9.17, 15) is 33.5 Å². The summed E-state index contributed by atoms with van der Waals surface area (Å²) in [6.45, 7) is 0. The number of halogens is 2. The number of ether oxygens (including phenoxy) is 2. The van der Waals surface area contributed by atoms with Crippen molar-refractivity contribution < 1.29 is 37.7 Å². The number of aromatic carboxylic acids is 1. The number of nitrogens with two attached hydrogens (primary N) is 1. The van der Waals surface area contributed by atoms with Gasteiger partial charge >= 0.3 is 17.9 Å². The second-order valence-electron chi connectivity index (χ2n) is 6.90. The van der Waals surface area contributed by atoms with E-state index in [1.54, 1.807) is 30.3 Å². The van der Waals surface area contributed by atoms with Crippen LogP contribution in [-0.4, -0.2) is 37.2 Å². The Morgan fingerprint density at radius 1 is 1.06 bits per heavy atom. The van der Waals surface area contributed by atoms with Crippen LogP contribution in [0.15, 0.2) is 65.1 Å². The molecule has 3 rings (SSSR count). The van der Waals surface area contributed by atoms with E-state index in [2.05, 4.69) is 0 Å². The molecule has 3 N–H and O–H groups in total. The number of carboxylic acids is 1. The number of hydrogen-bond donors (Lipinski definition) is 2. The van der Waals surface area contributed by atoms with Gasteiger partial charge in [-0.25, -0.2) is 23.2 Å². The van der Waals surface area contributed by atoms with Crippen molar-refractivity contribution in [2.75, 3.05) is 19.1 Å². The van der Waals surface area contributed by atoms with Crippen molar-refractivity contribution in [3.8, 4) is 6.07 Å². The standard InChI is InChI=1S/C23H17F2N3O6/c1-33-22(31)17-15(11-6-4-3-5-7-11)12(10-26)20(27)28(19(17)23(32)34-2)14-9-8-13(24)18(25)16(14)21(29)30/h3-9,15H,27H2,1-2H3,(H,29,30). The van der Waals surface area contributed by atoms with Crippen LogP contribution >= 0.6 is 0 Å². The van der Waals surface area contributed by atoms with Gasteiger partial charge in [0.25, 0.3) is 0 Å². The molecule has 0 fully saturated rings. The Balaban J connectivity index is 2.51. The molecule has 1 atom stereocenters. The number of rotatable bonds is 5. The smallest absolute Gasteiger partial charge is 0.355 e. The molecule has 2 aromatic rings. The molecule has 2 aromatic carbocycles. The van der Waals surface area contributed by atoms with Gasteiger partial charge in [-0.3, -0.25) is 4.90 Å². The summed E-state index contributed by atoms with van der Waals surface area (Å²) in [4.78, 5) is 38.4. The van der Waals surface area contributed by atoms with Gasteiger partial charge in [0, 0.05) is 0 Å². The van der Waals surface area contributed by atoms with Gasteiger partial charge < -0.3 is 20.3 Å². The van der Waals surface area contributed by atoms with Crippen molar-refractivity contribution in [1.82, 2.24) is 0 Å². The molecular formula is C23H17F2N3O6. The van der Waals surface area contributed by atoms with Crippen molar-refractivity contribution in [2.24, 2.45) is 5.73 Å². The lowest BCUT2D eigenvalue weighted by Crippen LogP contribution is -2.41. The minimum absolute atomic E-state index is 0.264. The van der Waals surface area contributed by atoms with Crippen molar-refractivity contribution in [3.05, 3.63) is 87.9 Å². The molecule has 34 heavy (non-hydrogen) atoms. The van der Waals surface area contributed by atoms with Crippen LogP contribution in [0.1, 0.15) is 21.8 Å². The second-order valence-corrected chi connectivity index (χ2v) is 6.90. The highest BCUT2D eigenvalue weighted by Crippen LogP contribution is 2.44. The number of carbonyl (C=O) groups is 3. The van der Waals surface area contributed by atoms with E-state index < -0.39 is 63.8 Å². The van der Waals surface area contributed by atoms with E-state index in [1.807, 2.05) is 6.07 Å². The molecule has 1 aliphatic rings. The molecule has 0 aromatic heterocycles. The number of allylic oxidation sites excluding steroid dienone is 1. The van der Waals surface area contributed by atoms with E-state index >= 15 is 0 Å². The summed E-state index contributed by atoms with van der Waals surface area (Å²) >= 11 is 0. The first-order valence-electron chi connectivity index (χ1n) is 9.56. The molecule has 0 saturated carbocycles. The zero-order valence-electron chi connectivity index (χ0n) is 17.8. The fourth-order valence-corrected chi connectivity index (χ4v) is 3.69. The van der Waals surface area contributed by atoms with Crippen molar-refractivity contribution in [3.63, 3.8) is 0 Å². The van der Waals surface area contributed by atoms with Crippen LogP contribution in [0.4, 0.5) is 14.5 Å². The number of carboxylic acid groups (broad SMARTS) is 1. The quantitative estimate of drug-likeness (QED) is 0.632. The van der Waals surface area contributed by atoms with Crippen molar-refractivity contribution in [1.29, 1.82) is 5.26 Å². The SMILES string of the molecule is COC(=O)C1=C(C(=O)OC)N(c2ccc(F)c(F)c2C(=O)O)C(N)=C(C#N)C1c1ccccc1. The van der Waals surface area contributed by atoms with Gasteiger partial charge in [-0.05, 0) is 17.7 Å². The molecule has 174 valence electrons. The Labute approximate surface area is 191 Å². The Kier molecular flexibility index (Phi) is 6.63.